The van der Waals surface area contributed by atoms with Crippen LogP contribution in [0.5, 0.6) is 0 Å². The van der Waals surface area contributed by atoms with E-state index in [1.165, 1.54) is 55.2 Å². The van der Waals surface area contributed by atoms with Gasteiger partial charge in [-0.15, -0.1) is 0 Å². The van der Waals surface area contributed by atoms with Gasteiger partial charge >= 0.3 is 0 Å². The van der Waals surface area contributed by atoms with Gasteiger partial charge in [-0.05, 0) is 87.0 Å². The second-order valence-electron chi connectivity index (χ2n) is 19.5. The van der Waals surface area contributed by atoms with Crippen LogP contribution in [0.25, 0.3) is 107 Å². The highest BCUT2D eigenvalue weighted by Gasteiger charge is 2.41. The quantitative estimate of drug-likeness (QED) is 0.152. The molecule has 3 heterocycles. The van der Waals surface area contributed by atoms with Crippen LogP contribution in [0.3, 0.4) is 0 Å². The predicted octanol–water partition coefficient (Wildman–Crippen LogP) is 16.4. The Hall–Kier alpha value is -9.91. The molecule has 0 spiro atoms. The standard InChI is InChI=1S/C69H44N6/c1-5-17-45(18-6-1)66-70-60(44-31-29-43(30-32-44)48-33-36-53-52-25-15-16-28-62(52)75(63(53)41-48)51-23-11-4-12-24-51)42-61(71-66)49-34-37-56-58(39-49)64-54-26-13-14-27-55(54)65(56)59-40-50(35-38-57(59)64)69-73-67(46-19-7-2-8-20-46)72-68(74-69)47-21-9-3-10-22-47/h1-42,64-65H. The highest BCUT2D eigenvalue weighted by molar-refractivity contribution is 6.10. The van der Waals surface area contributed by atoms with Crippen LogP contribution in [0.1, 0.15) is 45.2 Å². The van der Waals surface area contributed by atoms with Crippen LogP contribution < -0.4 is 0 Å². The van der Waals surface area contributed by atoms with Gasteiger partial charge in [0, 0.05) is 61.7 Å². The molecule has 3 aliphatic rings. The summed E-state index contributed by atoms with van der Waals surface area (Å²) in [6.07, 6.45) is 0. The van der Waals surface area contributed by atoms with Crippen LogP contribution in [0.15, 0.2) is 255 Å². The van der Waals surface area contributed by atoms with E-state index in [1.54, 1.807) is 0 Å². The first-order valence-electron chi connectivity index (χ1n) is 25.5. The molecule has 13 aromatic rings. The summed E-state index contributed by atoms with van der Waals surface area (Å²) in [5.41, 5.74) is 21.4. The lowest BCUT2D eigenvalue weighted by Gasteiger charge is -2.42. The molecular weight excluding hydrogens is 913 g/mol. The lowest BCUT2D eigenvalue weighted by Crippen LogP contribution is -2.27. The fourth-order valence-corrected chi connectivity index (χ4v) is 11.8. The van der Waals surface area contributed by atoms with Crippen LogP contribution in [0.4, 0.5) is 0 Å². The van der Waals surface area contributed by atoms with Crippen LogP contribution in [0.2, 0.25) is 0 Å². The maximum Gasteiger partial charge on any atom is 0.164 e. The van der Waals surface area contributed by atoms with Crippen molar-refractivity contribution in [1.29, 1.82) is 0 Å². The minimum absolute atomic E-state index is 0.0379. The minimum Gasteiger partial charge on any atom is -0.309 e. The first kappa shape index (κ1) is 42.7. The van der Waals surface area contributed by atoms with E-state index in [2.05, 4.69) is 217 Å². The fourth-order valence-electron chi connectivity index (χ4n) is 11.8. The smallest absolute Gasteiger partial charge is 0.164 e. The summed E-state index contributed by atoms with van der Waals surface area (Å²) in [5, 5.41) is 2.48. The van der Waals surface area contributed by atoms with Gasteiger partial charge in [0.05, 0.1) is 22.4 Å². The number of nitrogens with zero attached hydrogens (tertiary/aromatic N) is 6. The summed E-state index contributed by atoms with van der Waals surface area (Å²) in [7, 11) is 0. The topological polar surface area (TPSA) is 69.4 Å². The third-order valence-electron chi connectivity index (χ3n) is 15.2. The molecule has 0 aliphatic heterocycles. The number of fused-ring (bicyclic) bond motifs is 3. The molecule has 350 valence electrons. The molecule has 0 radical (unpaired) electrons. The normalized spacial score (nSPS) is 14.1. The van der Waals surface area contributed by atoms with Crippen molar-refractivity contribution < 1.29 is 0 Å². The molecule has 16 rings (SSSR count). The molecular formula is C69H44N6. The van der Waals surface area contributed by atoms with E-state index >= 15 is 0 Å². The van der Waals surface area contributed by atoms with E-state index in [0.717, 1.165) is 61.6 Å². The molecule has 2 unspecified atom stereocenters. The monoisotopic (exact) mass is 956 g/mol. The molecule has 2 atom stereocenters. The molecule has 3 aromatic heterocycles. The maximum atomic E-state index is 5.31. The second-order valence-corrected chi connectivity index (χ2v) is 19.5. The Morgan fingerprint density at radius 3 is 1.25 bits per heavy atom. The molecule has 2 bridgehead atoms. The minimum atomic E-state index is 0.0379. The highest BCUT2D eigenvalue weighted by Crippen LogP contribution is 2.57. The number of para-hydroxylation sites is 2. The van der Waals surface area contributed by atoms with E-state index in [4.69, 9.17) is 24.9 Å². The molecule has 0 amide bonds. The first-order chi connectivity index (χ1) is 37.2. The molecule has 0 saturated heterocycles. The molecule has 6 nitrogen and oxygen atoms in total. The van der Waals surface area contributed by atoms with E-state index in [1.807, 2.05) is 42.5 Å². The molecule has 6 heteroatoms. The molecule has 0 fully saturated rings. The molecule has 75 heavy (non-hydrogen) atoms. The number of hydrogen-bond acceptors (Lipinski definition) is 5. The van der Waals surface area contributed by atoms with Crippen molar-refractivity contribution in [3.8, 4) is 84.9 Å². The maximum absolute atomic E-state index is 5.31. The summed E-state index contributed by atoms with van der Waals surface area (Å²) in [4.78, 5) is 25.8. The van der Waals surface area contributed by atoms with Crippen molar-refractivity contribution in [2.24, 2.45) is 0 Å². The van der Waals surface area contributed by atoms with Gasteiger partial charge < -0.3 is 4.57 Å². The van der Waals surface area contributed by atoms with Crippen molar-refractivity contribution in [2.75, 3.05) is 0 Å². The van der Waals surface area contributed by atoms with Crippen LogP contribution in [-0.2, 0) is 0 Å². The van der Waals surface area contributed by atoms with Crippen molar-refractivity contribution in [3.63, 3.8) is 0 Å². The molecule has 0 saturated carbocycles. The van der Waals surface area contributed by atoms with Gasteiger partial charge in [0.1, 0.15) is 0 Å². The predicted molar refractivity (Wildman–Crippen MR) is 303 cm³/mol. The number of benzene rings is 10. The number of hydrogen-bond donors (Lipinski definition) is 0. The average molecular weight is 957 g/mol. The molecule has 0 N–H and O–H groups in total. The van der Waals surface area contributed by atoms with Gasteiger partial charge in [-0.1, -0.05) is 212 Å². The van der Waals surface area contributed by atoms with Crippen molar-refractivity contribution in [1.82, 2.24) is 29.5 Å². The third-order valence-corrected chi connectivity index (χ3v) is 15.2. The van der Waals surface area contributed by atoms with Gasteiger partial charge in [0.15, 0.2) is 23.3 Å². The van der Waals surface area contributed by atoms with Gasteiger partial charge in [0.2, 0.25) is 0 Å². The van der Waals surface area contributed by atoms with E-state index in [9.17, 15) is 0 Å². The summed E-state index contributed by atoms with van der Waals surface area (Å²) >= 11 is 0. The SMILES string of the molecule is c1ccc(-c2nc(-c3ccc(-c4ccc5c6ccccc6n(-c6ccccc6)c5c4)cc3)cc(-c3ccc4c(c3)C3c5ccccc5C4c4cc(-c5nc(-c6ccccc6)nc(-c6ccccc6)n5)ccc43)n2)cc1. The van der Waals surface area contributed by atoms with E-state index in [-0.39, 0.29) is 11.8 Å². The summed E-state index contributed by atoms with van der Waals surface area (Å²) in [5.74, 6) is 2.73. The van der Waals surface area contributed by atoms with E-state index < -0.39 is 0 Å². The zero-order valence-corrected chi connectivity index (χ0v) is 40.6. The van der Waals surface area contributed by atoms with Crippen molar-refractivity contribution >= 4 is 21.8 Å². The Labute approximate surface area is 434 Å². The van der Waals surface area contributed by atoms with Crippen LogP contribution >= 0.6 is 0 Å². The van der Waals surface area contributed by atoms with Crippen molar-refractivity contribution in [2.45, 2.75) is 11.8 Å². The zero-order chi connectivity index (χ0) is 49.4. The van der Waals surface area contributed by atoms with Crippen LogP contribution in [0, 0.1) is 0 Å². The lowest BCUT2D eigenvalue weighted by atomic mass is 9.60. The van der Waals surface area contributed by atoms with Crippen molar-refractivity contribution in [3.05, 3.63) is 288 Å². The Bertz CT molecular complexity index is 4280. The van der Waals surface area contributed by atoms with Gasteiger partial charge in [-0.2, -0.15) is 0 Å². The Morgan fingerprint density at radius 2 is 0.653 bits per heavy atom. The lowest BCUT2D eigenvalue weighted by molar-refractivity contribution is 0.754. The highest BCUT2D eigenvalue weighted by atomic mass is 15.0. The summed E-state index contributed by atoms with van der Waals surface area (Å²) < 4.78 is 2.37. The number of rotatable bonds is 8. The van der Waals surface area contributed by atoms with Crippen LogP contribution in [-0.4, -0.2) is 29.5 Å². The first-order valence-corrected chi connectivity index (χ1v) is 25.5. The Kier molecular flexibility index (Phi) is 9.91. The third kappa shape index (κ3) is 7.21. The second kappa shape index (κ2) is 17.4. The summed E-state index contributed by atoms with van der Waals surface area (Å²) in [6, 6.07) is 90.6. The van der Waals surface area contributed by atoms with E-state index in [0.29, 0.717) is 23.3 Å². The fraction of sp³-hybridized carbons (Fsp3) is 0.0290. The summed E-state index contributed by atoms with van der Waals surface area (Å²) in [6.45, 7) is 0. The molecule has 3 aliphatic carbocycles. The Balaban J connectivity index is 0.811. The molecule has 10 aromatic carbocycles. The van der Waals surface area contributed by atoms with Gasteiger partial charge in [0.25, 0.3) is 0 Å². The largest absolute Gasteiger partial charge is 0.309 e. The van der Waals surface area contributed by atoms with Gasteiger partial charge in [-0.25, -0.2) is 24.9 Å². The average Bonchev–Trinajstić information content (AvgIpc) is 3.85. The van der Waals surface area contributed by atoms with Gasteiger partial charge in [-0.3, -0.25) is 0 Å². The number of aromatic nitrogens is 6. The Morgan fingerprint density at radius 1 is 0.240 bits per heavy atom. The zero-order valence-electron chi connectivity index (χ0n) is 40.6.